The van der Waals surface area contributed by atoms with E-state index in [0.29, 0.717) is 0 Å². The number of nitrogens with zero attached hydrogens (tertiary/aromatic N) is 5. The third-order valence-corrected chi connectivity index (χ3v) is 8.97. The molecule has 5 heteroatoms. The van der Waals surface area contributed by atoms with Gasteiger partial charge in [-0.2, -0.15) is 0 Å². The zero-order chi connectivity index (χ0) is 28.1. The molecule has 5 aromatic heterocycles. The lowest BCUT2D eigenvalue weighted by Gasteiger charge is -2.13. The van der Waals surface area contributed by atoms with E-state index in [2.05, 4.69) is 134 Å². The zero-order valence-corrected chi connectivity index (χ0v) is 23.0. The first-order valence-electron chi connectivity index (χ1n) is 14.5. The molecule has 0 aliphatic carbocycles. The molecule has 0 saturated carbocycles. The second-order valence-electron chi connectivity index (χ2n) is 11.1. The number of rotatable bonds is 2. The van der Waals surface area contributed by atoms with Crippen LogP contribution in [0, 0.1) is 0 Å². The van der Waals surface area contributed by atoms with E-state index in [0.717, 1.165) is 38.8 Å². The van der Waals surface area contributed by atoms with Crippen molar-refractivity contribution in [3.8, 4) is 11.4 Å². The zero-order valence-electron chi connectivity index (χ0n) is 23.0. The Bertz CT molecular complexity index is 2710. The number of hydrogen-bond donors (Lipinski definition) is 0. The predicted octanol–water partition coefficient (Wildman–Crippen LogP) is 9.23. The number of aromatic nitrogens is 5. The van der Waals surface area contributed by atoms with Gasteiger partial charge in [0.15, 0.2) is 0 Å². The van der Waals surface area contributed by atoms with Crippen LogP contribution in [0.1, 0.15) is 0 Å². The largest absolute Gasteiger partial charge is 0.309 e. The van der Waals surface area contributed by atoms with Gasteiger partial charge in [-0.1, -0.05) is 66.7 Å². The van der Waals surface area contributed by atoms with E-state index >= 15 is 0 Å². The Morgan fingerprint density at radius 1 is 0.465 bits per heavy atom. The van der Waals surface area contributed by atoms with Crippen LogP contribution in [0.2, 0.25) is 0 Å². The van der Waals surface area contributed by atoms with Gasteiger partial charge in [-0.15, -0.1) is 0 Å². The molecule has 0 aliphatic heterocycles. The van der Waals surface area contributed by atoms with E-state index in [1.807, 2.05) is 24.8 Å². The van der Waals surface area contributed by atoms with Crippen LogP contribution in [0.4, 0.5) is 0 Å². The molecular weight excluding hydrogens is 526 g/mol. The molecule has 0 amide bonds. The van der Waals surface area contributed by atoms with Gasteiger partial charge >= 0.3 is 0 Å². The molecule has 5 nitrogen and oxygen atoms in total. The maximum atomic E-state index is 4.91. The molecule has 200 valence electrons. The summed E-state index contributed by atoms with van der Waals surface area (Å²) in [7, 11) is 0. The predicted molar refractivity (Wildman–Crippen MR) is 177 cm³/mol. The lowest BCUT2D eigenvalue weighted by Crippen LogP contribution is -1.97. The van der Waals surface area contributed by atoms with Crippen LogP contribution >= 0.6 is 0 Å². The molecule has 0 unspecified atom stereocenters. The quantitative estimate of drug-likeness (QED) is 0.202. The van der Waals surface area contributed by atoms with Crippen LogP contribution < -0.4 is 0 Å². The van der Waals surface area contributed by atoms with Gasteiger partial charge in [0.05, 0.1) is 39.2 Å². The SMILES string of the molecule is c1ccc(-n2c3ccccc3c3cc4c5ccc6c7ccncc7n7ccnc7c6c5n(-c5ccccc5)c4cc32)cc1. The molecule has 0 fully saturated rings. The van der Waals surface area contributed by atoms with E-state index in [1.54, 1.807) is 0 Å². The molecule has 10 aromatic rings. The monoisotopic (exact) mass is 549 g/mol. The van der Waals surface area contributed by atoms with Crippen molar-refractivity contribution in [2.45, 2.75) is 0 Å². The van der Waals surface area contributed by atoms with Crippen molar-refractivity contribution in [1.82, 2.24) is 23.5 Å². The summed E-state index contributed by atoms with van der Waals surface area (Å²) in [5.41, 5.74) is 8.99. The Hall–Kier alpha value is -5.94. The molecule has 0 N–H and O–H groups in total. The molecule has 5 heterocycles. The maximum Gasteiger partial charge on any atom is 0.147 e. The first kappa shape index (κ1) is 22.7. The first-order chi connectivity index (χ1) is 21.4. The lowest BCUT2D eigenvalue weighted by atomic mass is 10.0. The molecular formula is C38H23N5. The molecule has 0 saturated heterocycles. The van der Waals surface area contributed by atoms with E-state index in [1.165, 1.54) is 43.5 Å². The summed E-state index contributed by atoms with van der Waals surface area (Å²) in [5.74, 6) is 0. The Labute approximate surface area is 245 Å². The summed E-state index contributed by atoms with van der Waals surface area (Å²) in [6.45, 7) is 0. The van der Waals surface area contributed by atoms with Gasteiger partial charge in [-0.25, -0.2) is 4.98 Å². The molecule has 0 bridgehead atoms. The molecule has 0 aliphatic rings. The second-order valence-corrected chi connectivity index (χ2v) is 11.1. The maximum absolute atomic E-state index is 4.91. The Kier molecular flexibility index (Phi) is 4.39. The number of fused-ring (bicyclic) bond motifs is 13. The van der Waals surface area contributed by atoms with Gasteiger partial charge in [0, 0.05) is 56.9 Å². The first-order valence-corrected chi connectivity index (χ1v) is 14.5. The van der Waals surface area contributed by atoms with Gasteiger partial charge in [-0.3, -0.25) is 9.38 Å². The third kappa shape index (κ3) is 2.95. The normalized spacial score (nSPS) is 12.2. The van der Waals surface area contributed by atoms with E-state index in [9.17, 15) is 0 Å². The van der Waals surface area contributed by atoms with Crippen LogP contribution in [-0.2, 0) is 0 Å². The molecule has 0 atom stereocenters. The summed E-state index contributed by atoms with van der Waals surface area (Å²) in [6.07, 6.45) is 7.73. The number of pyridine rings is 2. The van der Waals surface area contributed by atoms with Gasteiger partial charge in [-0.05, 0) is 53.9 Å². The van der Waals surface area contributed by atoms with E-state index in [4.69, 9.17) is 4.98 Å². The summed E-state index contributed by atoms with van der Waals surface area (Å²) >= 11 is 0. The Morgan fingerprint density at radius 3 is 1.98 bits per heavy atom. The smallest absolute Gasteiger partial charge is 0.147 e. The average molecular weight is 550 g/mol. The number of benzene rings is 5. The van der Waals surface area contributed by atoms with Crippen molar-refractivity contribution in [2.24, 2.45) is 0 Å². The minimum absolute atomic E-state index is 0.935. The molecule has 10 rings (SSSR count). The second kappa shape index (κ2) is 8.30. The summed E-state index contributed by atoms with van der Waals surface area (Å²) in [4.78, 5) is 9.35. The van der Waals surface area contributed by atoms with Crippen molar-refractivity contribution < 1.29 is 0 Å². The third-order valence-electron chi connectivity index (χ3n) is 8.97. The van der Waals surface area contributed by atoms with Gasteiger partial charge < -0.3 is 9.13 Å². The van der Waals surface area contributed by atoms with Gasteiger partial charge in [0.25, 0.3) is 0 Å². The van der Waals surface area contributed by atoms with Crippen LogP contribution in [0.5, 0.6) is 0 Å². The fourth-order valence-electron chi connectivity index (χ4n) is 7.21. The standard InChI is InChI=1S/C38H23N5/c1-3-9-24(10-4-1)42-32-14-8-7-13-26(32)30-21-31-29-16-15-28-27-17-18-39-23-35(27)41-20-19-40-38(41)36(28)37(29)43(34(31)22-33(30)42)25-11-5-2-6-12-25/h1-23H. The summed E-state index contributed by atoms with van der Waals surface area (Å²) < 4.78 is 6.99. The highest BCUT2D eigenvalue weighted by Crippen LogP contribution is 2.43. The number of imidazole rings is 1. The van der Waals surface area contributed by atoms with Crippen molar-refractivity contribution >= 4 is 70.9 Å². The average Bonchev–Trinajstić information content (AvgIpc) is 3.77. The topological polar surface area (TPSA) is 40.1 Å². The fraction of sp³-hybridized carbons (Fsp3) is 0. The van der Waals surface area contributed by atoms with E-state index < -0.39 is 0 Å². The highest BCUT2D eigenvalue weighted by molar-refractivity contribution is 6.28. The molecule has 5 aromatic carbocycles. The Morgan fingerprint density at radius 2 is 1.14 bits per heavy atom. The number of para-hydroxylation sites is 3. The number of hydrogen-bond acceptors (Lipinski definition) is 2. The minimum Gasteiger partial charge on any atom is -0.309 e. The highest BCUT2D eigenvalue weighted by Gasteiger charge is 2.22. The summed E-state index contributed by atoms with van der Waals surface area (Å²) in [5, 5.41) is 8.41. The molecule has 0 radical (unpaired) electrons. The van der Waals surface area contributed by atoms with Crippen LogP contribution in [0.3, 0.4) is 0 Å². The van der Waals surface area contributed by atoms with Gasteiger partial charge in [0.1, 0.15) is 5.65 Å². The molecule has 0 spiro atoms. The summed E-state index contributed by atoms with van der Waals surface area (Å²) in [6, 6.07) is 41.5. The minimum atomic E-state index is 0.935. The Balaban J connectivity index is 1.48. The van der Waals surface area contributed by atoms with Crippen molar-refractivity contribution in [3.05, 3.63) is 140 Å². The van der Waals surface area contributed by atoms with Crippen molar-refractivity contribution in [3.63, 3.8) is 0 Å². The van der Waals surface area contributed by atoms with Crippen LogP contribution in [-0.4, -0.2) is 23.5 Å². The van der Waals surface area contributed by atoms with Crippen molar-refractivity contribution in [1.29, 1.82) is 0 Å². The van der Waals surface area contributed by atoms with Crippen molar-refractivity contribution in [2.75, 3.05) is 0 Å². The lowest BCUT2D eigenvalue weighted by molar-refractivity contribution is 1.17. The van der Waals surface area contributed by atoms with E-state index in [-0.39, 0.29) is 0 Å². The molecule has 43 heavy (non-hydrogen) atoms. The highest BCUT2D eigenvalue weighted by atomic mass is 15.0. The fourth-order valence-corrected chi connectivity index (χ4v) is 7.21. The van der Waals surface area contributed by atoms with Crippen LogP contribution in [0.15, 0.2) is 140 Å². The van der Waals surface area contributed by atoms with Gasteiger partial charge in [0.2, 0.25) is 0 Å². The van der Waals surface area contributed by atoms with Crippen LogP contribution in [0.25, 0.3) is 82.3 Å².